The monoisotopic (exact) mass is 388 g/mol. The fourth-order valence-corrected chi connectivity index (χ4v) is 3.25. The fourth-order valence-electron chi connectivity index (χ4n) is 3.07. The Bertz CT molecular complexity index is 825. The van der Waals surface area contributed by atoms with E-state index >= 15 is 0 Å². The summed E-state index contributed by atoms with van der Waals surface area (Å²) in [7, 11) is 2.03. The van der Waals surface area contributed by atoms with Crippen molar-refractivity contribution in [2.24, 2.45) is 0 Å². The Morgan fingerprint density at radius 1 is 1.22 bits per heavy atom. The third kappa shape index (κ3) is 5.21. The zero-order valence-electron chi connectivity index (χ0n) is 15.2. The van der Waals surface area contributed by atoms with E-state index in [-0.39, 0.29) is 11.8 Å². The van der Waals surface area contributed by atoms with Crippen LogP contribution in [0, 0.1) is 0 Å². The number of halogens is 1. The van der Waals surface area contributed by atoms with Crippen LogP contribution in [0.1, 0.15) is 5.76 Å². The maximum Gasteiger partial charge on any atom is 0.279 e. The molecular formula is C20H23ClN3O3+. The summed E-state index contributed by atoms with van der Waals surface area (Å²) in [4.78, 5) is 26.5. The molecule has 1 aromatic carbocycles. The average Bonchev–Trinajstić information content (AvgIpc) is 3.15. The Balaban J connectivity index is 1.50. The van der Waals surface area contributed by atoms with Crippen molar-refractivity contribution in [2.75, 3.05) is 45.1 Å². The highest BCUT2D eigenvalue weighted by Crippen LogP contribution is 2.21. The first-order valence-electron chi connectivity index (χ1n) is 8.84. The third-order valence-electron chi connectivity index (χ3n) is 4.74. The fraction of sp³-hybridized carbons (Fsp3) is 0.300. The van der Waals surface area contributed by atoms with Crippen LogP contribution in [0.25, 0.3) is 6.08 Å². The summed E-state index contributed by atoms with van der Waals surface area (Å²) in [5.74, 6) is 0.526. The van der Waals surface area contributed by atoms with Crippen LogP contribution in [0.15, 0.2) is 53.2 Å². The van der Waals surface area contributed by atoms with Crippen molar-refractivity contribution in [3.05, 3.63) is 59.5 Å². The summed E-state index contributed by atoms with van der Waals surface area (Å²) in [6.45, 7) is 3.00. The first-order chi connectivity index (χ1) is 13.0. The van der Waals surface area contributed by atoms with Crippen molar-refractivity contribution in [2.45, 2.75) is 0 Å². The van der Waals surface area contributed by atoms with Crippen molar-refractivity contribution < 1.29 is 18.5 Å². The molecule has 1 saturated heterocycles. The minimum atomic E-state index is -0.0805. The number of likely N-dealkylation sites (N-methyl/N-ethyl adjacent to an activating group) is 1. The average molecular weight is 389 g/mol. The maximum atomic E-state index is 12.4. The van der Waals surface area contributed by atoms with Crippen LogP contribution in [0.2, 0.25) is 5.02 Å². The molecule has 1 aliphatic heterocycles. The topological polar surface area (TPSA) is 62.6 Å². The number of benzene rings is 1. The number of hydrogen-bond donors (Lipinski definition) is 1. The highest BCUT2D eigenvalue weighted by Gasteiger charge is 2.32. The smallest absolute Gasteiger partial charge is 0.279 e. The van der Waals surface area contributed by atoms with Crippen LogP contribution in [0.3, 0.4) is 0 Å². The minimum absolute atomic E-state index is 0.0434. The third-order valence-corrected chi connectivity index (χ3v) is 5.07. The van der Waals surface area contributed by atoms with Crippen molar-refractivity contribution in [3.63, 3.8) is 0 Å². The van der Waals surface area contributed by atoms with Gasteiger partial charge < -0.3 is 19.1 Å². The van der Waals surface area contributed by atoms with Crippen LogP contribution in [0.5, 0.6) is 0 Å². The predicted molar refractivity (Wildman–Crippen MR) is 105 cm³/mol. The van der Waals surface area contributed by atoms with Gasteiger partial charge in [-0.3, -0.25) is 9.59 Å². The van der Waals surface area contributed by atoms with Gasteiger partial charge in [-0.05, 0) is 30.3 Å². The number of amides is 2. The first-order valence-corrected chi connectivity index (χ1v) is 9.21. The normalized spacial score (nSPS) is 16.4. The molecule has 0 bridgehead atoms. The van der Waals surface area contributed by atoms with Gasteiger partial charge in [-0.15, -0.1) is 0 Å². The lowest BCUT2D eigenvalue weighted by Gasteiger charge is -2.41. The van der Waals surface area contributed by atoms with Crippen LogP contribution in [-0.4, -0.2) is 61.0 Å². The van der Waals surface area contributed by atoms with E-state index in [0.717, 1.165) is 13.1 Å². The maximum absolute atomic E-state index is 12.4. The van der Waals surface area contributed by atoms with Crippen molar-refractivity contribution in [3.8, 4) is 0 Å². The van der Waals surface area contributed by atoms with E-state index in [1.54, 1.807) is 41.5 Å². The van der Waals surface area contributed by atoms with Crippen LogP contribution in [0.4, 0.5) is 5.69 Å². The van der Waals surface area contributed by atoms with E-state index in [1.807, 2.05) is 19.2 Å². The zero-order chi connectivity index (χ0) is 19.3. The van der Waals surface area contributed by atoms with Crippen LogP contribution in [-0.2, 0) is 9.59 Å². The lowest BCUT2D eigenvalue weighted by Crippen LogP contribution is -2.60. The summed E-state index contributed by atoms with van der Waals surface area (Å²) in [6, 6.07) is 10.8. The van der Waals surface area contributed by atoms with Gasteiger partial charge in [-0.1, -0.05) is 23.7 Å². The molecule has 1 fully saturated rings. The lowest BCUT2D eigenvalue weighted by atomic mass is 10.2. The number of carbonyl (C=O) groups is 2. The lowest BCUT2D eigenvalue weighted by molar-refractivity contribution is -0.905. The second kappa shape index (κ2) is 8.41. The van der Waals surface area contributed by atoms with Gasteiger partial charge in [-0.25, -0.2) is 0 Å². The molecule has 2 heterocycles. The molecule has 0 unspecified atom stereocenters. The predicted octanol–water partition coefficient (Wildman–Crippen LogP) is 2.87. The second-order valence-electron chi connectivity index (χ2n) is 6.93. The van der Waals surface area contributed by atoms with Crippen LogP contribution >= 0.6 is 11.6 Å². The Morgan fingerprint density at radius 3 is 2.63 bits per heavy atom. The first kappa shape index (κ1) is 19.2. The molecule has 6 nitrogen and oxygen atoms in total. The van der Waals surface area contributed by atoms with Gasteiger partial charge in [0.1, 0.15) is 5.76 Å². The molecule has 0 atom stereocenters. The molecule has 0 aliphatic carbocycles. The Labute approximate surface area is 163 Å². The molecule has 3 rings (SSSR count). The number of nitrogens with zero attached hydrogens (tertiary/aromatic N) is 2. The molecule has 0 saturated carbocycles. The van der Waals surface area contributed by atoms with Gasteiger partial charge in [-0.2, -0.15) is 0 Å². The Kier molecular flexibility index (Phi) is 5.98. The van der Waals surface area contributed by atoms with E-state index in [4.69, 9.17) is 16.0 Å². The zero-order valence-corrected chi connectivity index (χ0v) is 16.0. The molecule has 27 heavy (non-hydrogen) atoms. The second-order valence-corrected chi connectivity index (χ2v) is 7.33. The summed E-state index contributed by atoms with van der Waals surface area (Å²) in [5, 5.41) is 3.38. The van der Waals surface area contributed by atoms with Gasteiger partial charge in [0.05, 0.1) is 50.2 Å². The summed E-state index contributed by atoms with van der Waals surface area (Å²) in [5.41, 5.74) is 0.618. The minimum Gasteiger partial charge on any atom is -0.465 e. The number of anilines is 1. The number of furan rings is 1. The van der Waals surface area contributed by atoms with E-state index in [0.29, 0.717) is 40.6 Å². The molecule has 142 valence electrons. The number of hydrogen-bond acceptors (Lipinski definition) is 3. The van der Waals surface area contributed by atoms with Gasteiger partial charge >= 0.3 is 0 Å². The molecule has 0 spiro atoms. The highest BCUT2D eigenvalue weighted by molar-refractivity contribution is 6.33. The molecule has 0 radical (unpaired) electrons. The molecule has 1 aromatic heterocycles. The van der Waals surface area contributed by atoms with Gasteiger partial charge in [0.25, 0.3) is 5.91 Å². The number of carbonyl (C=O) groups excluding carboxylic acids is 2. The Hall–Kier alpha value is -2.57. The van der Waals surface area contributed by atoms with Crippen molar-refractivity contribution in [1.29, 1.82) is 0 Å². The summed E-state index contributed by atoms with van der Waals surface area (Å²) < 4.78 is 5.78. The quantitative estimate of drug-likeness (QED) is 0.632. The number of rotatable bonds is 5. The molecule has 1 aliphatic rings. The number of piperazine rings is 1. The van der Waals surface area contributed by atoms with Crippen LogP contribution < -0.4 is 5.32 Å². The highest BCUT2D eigenvalue weighted by atomic mass is 35.5. The van der Waals surface area contributed by atoms with Gasteiger partial charge in [0, 0.05) is 6.08 Å². The largest absolute Gasteiger partial charge is 0.465 e. The number of quaternary nitrogens is 1. The molecule has 1 N–H and O–H groups in total. The molecule has 7 heteroatoms. The van der Waals surface area contributed by atoms with E-state index in [9.17, 15) is 9.59 Å². The number of para-hydroxylation sites is 1. The van der Waals surface area contributed by atoms with E-state index in [1.165, 1.54) is 6.08 Å². The summed E-state index contributed by atoms with van der Waals surface area (Å²) >= 11 is 6.09. The number of nitrogens with one attached hydrogen (secondary N) is 1. The SMILES string of the molecule is C[N+]1(CC(=O)Nc2ccccc2Cl)CCN(C(=O)C=Cc2ccco2)CC1. The van der Waals surface area contributed by atoms with Gasteiger partial charge in [0.2, 0.25) is 5.91 Å². The van der Waals surface area contributed by atoms with Gasteiger partial charge in [0.15, 0.2) is 6.54 Å². The molecular weight excluding hydrogens is 366 g/mol. The molecule has 2 amide bonds. The summed E-state index contributed by atoms with van der Waals surface area (Å²) in [6.07, 6.45) is 4.77. The van der Waals surface area contributed by atoms with E-state index < -0.39 is 0 Å². The molecule has 2 aromatic rings. The Morgan fingerprint density at radius 2 is 1.96 bits per heavy atom. The van der Waals surface area contributed by atoms with E-state index in [2.05, 4.69) is 5.32 Å². The standard InChI is InChI=1S/C20H22ClN3O3/c1-24(15-19(25)22-18-7-3-2-6-17(18)21)12-10-23(11-13-24)20(26)9-8-16-5-4-14-27-16/h2-9,14H,10-13,15H2,1H3/p+1. The van der Waals surface area contributed by atoms with Crippen molar-refractivity contribution >= 4 is 35.2 Å². The van der Waals surface area contributed by atoms with Crippen molar-refractivity contribution in [1.82, 2.24) is 4.90 Å².